The van der Waals surface area contributed by atoms with Gasteiger partial charge in [-0.3, -0.25) is 28.9 Å². The van der Waals surface area contributed by atoms with E-state index in [1.165, 1.54) is 49.6 Å². The van der Waals surface area contributed by atoms with Crippen LogP contribution in [-0.4, -0.2) is 135 Å². The maximum Gasteiger partial charge on any atom is 0.522 e. The quantitative estimate of drug-likeness (QED) is 0.0344. The average Bonchev–Trinajstić information content (AvgIpc) is 3.25. The smallest absolute Gasteiger partial charge is 0.414 e. The molecule has 0 saturated heterocycles. The van der Waals surface area contributed by atoms with Crippen LogP contribution in [0.4, 0.5) is 13.2 Å². The Morgan fingerprint density at radius 1 is 0.634 bits per heavy atom. The molecule has 426 valence electrons. The fraction of sp³-hybridized carbons (Fsp3) is 0.900. The lowest BCUT2D eigenvalue weighted by Gasteiger charge is -2.39. The minimum absolute atomic E-state index is 0.00802. The zero-order chi connectivity index (χ0) is 57.1. The molecule has 0 rings (SSSR count). The Bertz CT molecular complexity index is 1600. The van der Waals surface area contributed by atoms with Gasteiger partial charge in [-0.2, -0.15) is 21.6 Å². The summed E-state index contributed by atoms with van der Waals surface area (Å²) in [5.74, 6) is 1.36. The first-order valence-corrected chi connectivity index (χ1v) is 32.3. The fourth-order valence-corrected chi connectivity index (χ4v) is 11.5. The van der Waals surface area contributed by atoms with Gasteiger partial charge in [0.05, 0.1) is 34.0 Å². The van der Waals surface area contributed by atoms with Gasteiger partial charge >= 0.3 is 15.6 Å². The topological polar surface area (TPSA) is 182 Å². The third-order valence-corrected chi connectivity index (χ3v) is 24.7. The number of hydrogen-bond acceptors (Lipinski definition) is 12. The van der Waals surface area contributed by atoms with E-state index >= 15 is 0 Å². The molecule has 0 radical (unpaired) electrons. The predicted octanol–water partition coefficient (Wildman–Crippen LogP) is 11.5. The van der Waals surface area contributed by atoms with Crippen molar-refractivity contribution in [2.45, 2.75) is 208 Å². The molecule has 0 spiro atoms. The molecular formula is C50H104F3N3O12SSi2. The van der Waals surface area contributed by atoms with Crippen LogP contribution in [0.1, 0.15) is 154 Å². The summed E-state index contributed by atoms with van der Waals surface area (Å²) in [6.07, 6.45) is 10.9. The van der Waals surface area contributed by atoms with Gasteiger partial charge in [-0.05, 0) is 118 Å². The molecule has 3 amide bonds. The van der Waals surface area contributed by atoms with Gasteiger partial charge in [0.2, 0.25) is 26.0 Å². The molecule has 15 nitrogen and oxygen atoms in total. The van der Waals surface area contributed by atoms with E-state index in [1.807, 2.05) is 33.8 Å². The third kappa shape index (κ3) is 32.2. The molecule has 0 aromatic heterocycles. The highest BCUT2D eigenvalue weighted by atomic mass is 32.2. The van der Waals surface area contributed by atoms with Crippen molar-refractivity contribution in [3.63, 3.8) is 0 Å². The number of aliphatic hydroxyl groups excluding tert-OH is 2. The number of hydrogen-bond donors (Lipinski definition) is 2. The minimum Gasteiger partial charge on any atom is -0.414 e. The van der Waals surface area contributed by atoms with Crippen LogP contribution in [0.15, 0.2) is 12.7 Å². The molecule has 8 atom stereocenters. The van der Waals surface area contributed by atoms with E-state index in [1.54, 1.807) is 41.9 Å². The normalized spacial score (nSPS) is 15.8. The number of halogens is 3. The summed E-state index contributed by atoms with van der Waals surface area (Å²) < 4.78 is 68.7. The molecule has 2 N–H and O–H groups in total. The van der Waals surface area contributed by atoms with E-state index in [-0.39, 0.29) is 47.1 Å². The summed E-state index contributed by atoms with van der Waals surface area (Å²) in [5, 5.41) is 21.4. The van der Waals surface area contributed by atoms with Crippen LogP contribution in [0.25, 0.3) is 0 Å². The monoisotopic (exact) mass is 1080 g/mol. The van der Waals surface area contributed by atoms with Gasteiger partial charge in [-0.15, -0.1) is 6.58 Å². The van der Waals surface area contributed by atoms with Crippen molar-refractivity contribution >= 4 is 44.5 Å². The zero-order valence-corrected chi connectivity index (χ0v) is 51.4. The number of rotatable bonds is 27. The van der Waals surface area contributed by atoms with Crippen molar-refractivity contribution in [3.05, 3.63) is 12.7 Å². The summed E-state index contributed by atoms with van der Waals surface area (Å²) in [6.45, 7) is 37.3. The third-order valence-electron chi connectivity index (χ3n) is 13.5. The van der Waals surface area contributed by atoms with Crippen LogP contribution < -0.4 is 0 Å². The van der Waals surface area contributed by atoms with E-state index in [0.717, 1.165) is 57.8 Å². The van der Waals surface area contributed by atoms with E-state index in [4.69, 9.17) is 24.0 Å². The van der Waals surface area contributed by atoms with Crippen LogP contribution in [0.3, 0.4) is 0 Å². The molecule has 0 aromatic rings. The van der Waals surface area contributed by atoms with Crippen LogP contribution in [0, 0.1) is 35.5 Å². The number of allylic oxidation sites excluding steroid dienone is 1. The van der Waals surface area contributed by atoms with E-state index < -0.39 is 43.4 Å². The van der Waals surface area contributed by atoms with Gasteiger partial charge in [-0.1, -0.05) is 96.1 Å². The van der Waals surface area contributed by atoms with E-state index in [2.05, 4.69) is 65.1 Å². The maximum absolute atomic E-state index is 12.1. The van der Waals surface area contributed by atoms with Crippen LogP contribution >= 0.6 is 0 Å². The van der Waals surface area contributed by atoms with Crippen molar-refractivity contribution in [1.82, 2.24) is 15.2 Å². The van der Waals surface area contributed by atoms with Crippen molar-refractivity contribution in [1.29, 1.82) is 0 Å². The Kier molecular flexibility index (Phi) is 37.6. The van der Waals surface area contributed by atoms with Gasteiger partial charge in [0.25, 0.3) is 0 Å². The largest absolute Gasteiger partial charge is 0.522 e. The molecule has 0 fully saturated rings. The lowest BCUT2D eigenvalue weighted by atomic mass is 9.91. The zero-order valence-electron chi connectivity index (χ0n) is 48.5. The molecule has 0 aliphatic carbocycles. The second-order valence-electron chi connectivity index (χ2n) is 22.3. The first-order chi connectivity index (χ1) is 32.0. The molecule has 0 aliphatic rings. The highest BCUT2D eigenvalue weighted by Gasteiger charge is 2.53. The van der Waals surface area contributed by atoms with Gasteiger partial charge in [0.15, 0.2) is 8.32 Å². The molecule has 5 unspecified atom stereocenters. The molecule has 0 saturated carbocycles. The summed E-state index contributed by atoms with van der Waals surface area (Å²) in [6, 6.07) is 0. The second-order valence-corrected chi connectivity index (χ2v) is 33.6. The Morgan fingerprint density at radius 3 is 1.23 bits per heavy atom. The van der Waals surface area contributed by atoms with Gasteiger partial charge in [0, 0.05) is 45.0 Å². The number of hydroxylamine groups is 6. The van der Waals surface area contributed by atoms with Crippen molar-refractivity contribution < 1.29 is 69.0 Å². The lowest BCUT2D eigenvalue weighted by molar-refractivity contribution is -0.173. The Hall–Kier alpha value is -1.96. The first kappa shape index (κ1) is 75.6. The lowest BCUT2D eigenvalue weighted by Crippen LogP contribution is -2.45. The number of aliphatic hydroxyl groups is 2. The highest BCUT2D eigenvalue weighted by Crippen LogP contribution is 2.41. The van der Waals surface area contributed by atoms with E-state index in [9.17, 15) is 41.1 Å². The SMILES string of the molecule is C=CCC[C@@H](C)CC(C)C(=O)N(C)OC.CC(C)(C)[Si](C)(C)OS(=O)(=O)C(F)(F)F.CCC(CC[C@@H](C)CC(C)C(=O)N(C)OC)O[Si](C)(C)C(C)(C)C.CON(C)C(=O)C(C)C[C@H](C)CCC(O)CO. The predicted molar refractivity (Wildman–Crippen MR) is 285 cm³/mol. The Balaban J connectivity index is -0.000000431. The molecule has 0 aromatic carbocycles. The van der Waals surface area contributed by atoms with Crippen LogP contribution in [0.2, 0.25) is 36.3 Å². The fourth-order valence-electron chi connectivity index (χ4n) is 6.49. The van der Waals surface area contributed by atoms with E-state index in [0.29, 0.717) is 30.3 Å². The minimum atomic E-state index is -5.48. The molecule has 0 aliphatic heterocycles. The summed E-state index contributed by atoms with van der Waals surface area (Å²) >= 11 is 0. The summed E-state index contributed by atoms with van der Waals surface area (Å²) in [5.41, 5.74) is -5.34. The van der Waals surface area contributed by atoms with Crippen molar-refractivity contribution in [2.75, 3.05) is 49.1 Å². The maximum atomic E-state index is 12.1. The molecule has 71 heavy (non-hydrogen) atoms. The number of nitrogens with zero attached hydrogens (tertiary/aromatic N) is 3. The average molecular weight is 1080 g/mol. The molecule has 0 bridgehead atoms. The summed E-state index contributed by atoms with van der Waals surface area (Å²) in [4.78, 5) is 50.2. The van der Waals surface area contributed by atoms with Gasteiger partial charge in [-0.25, -0.2) is 15.2 Å². The van der Waals surface area contributed by atoms with Crippen LogP contribution in [-0.2, 0) is 47.3 Å². The molecular weight excluding hydrogens is 980 g/mol. The van der Waals surface area contributed by atoms with Gasteiger partial charge in [0.1, 0.15) is 0 Å². The standard InChI is InChI=1S/C19H41NO3Si.C12H25NO4.C12H23NO2.C7H15F3O3SSi/c1-11-17(23-24(9,10)19(4,5)6)13-12-15(2)14-16(3)18(21)20(7)22-8;1-9(5-6-11(15)8-14)7-10(2)12(16)13(3)17-4;1-6-7-8-10(2)9-11(3)12(14)13(4)15-5;1-6(2,3)15(4,5)13-14(11,12)7(8,9)10/h15-17H,11-14H2,1-10H3;9-11,14-15H,5-8H2,1-4H3;6,10-11H,1,7-9H2,2-5H3;1-5H3/t15-,16?,17?;9-,10?,11?;10-,11?;/m111./s1. The Morgan fingerprint density at radius 2 is 0.958 bits per heavy atom. The number of carbonyl (C=O) groups is 3. The van der Waals surface area contributed by atoms with Crippen molar-refractivity contribution in [2.24, 2.45) is 35.5 Å². The number of alkyl halides is 3. The number of carbonyl (C=O) groups excluding carboxylic acids is 3. The van der Waals surface area contributed by atoms with Crippen molar-refractivity contribution in [3.8, 4) is 0 Å². The summed E-state index contributed by atoms with van der Waals surface area (Å²) in [7, 11) is -0.735. The van der Waals surface area contributed by atoms with Gasteiger partial charge < -0.3 is 18.5 Å². The van der Waals surface area contributed by atoms with Crippen LogP contribution in [0.5, 0.6) is 0 Å². The molecule has 21 heteroatoms. The number of amides is 3. The molecule has 0 heterocycles. The first-order valence-electron chi connectivity index (χ1n) is 25.0. The highest BCUT2D eigenvalue weighted by molar-refractivity contribution is 7.88. The second kappa shape index (κ2) is 35.3. The Labute approximate surface area is 432 Å².